The van der Waals surface area contributed by atoms with Crippen molar-refractivity contribution in [2.24, 2.45) is 0 Å². The molecule has 100 valence electrons. The van der Waals surface area contributed by atoms with E-state index >= 15 is 0 Å². The van der Waals surface area contributed by atoms with Crippen molar-refractivity contribution in [2.45, 2.75) is 11.8 Å². The third kappa shape index (κ3) is 3.08. The van der Waals surface area contributed by atoms with Gasteiger partial charge in [0.25, 0.3) is 0 Å². The van der Waals surface area contributed by atoms with Crippen molar-refractivity contribution in [3.63, 3.8) is 0 Å². The van der Waals surface area contributed by atoms with Crippen LogP contribution in [-0.4, -0.2) is 46.4 Å². The lowest BCUT2D eigenvalue weighted by Gasteiger charge is -2.32. The molecule has 1 aliphatic heterocycles. The van der Waals surface area contributed by atoms with E-state index in [1.165, 1.54) is 0 Å². The molecule has 1 heterocycles. The van der Waals surface area contributed by atoms with Crippen molar-refractivity contribution in [1.82, 2.24) is 0 Å². The van der Waals surface area contributed by atoms with Crippen LogP contribution in [0.25, 0.3) is 0 Å². The summed E-state index contributed by atoms with van der Waals surface area (Å²) in [7, 11) is -1.96. The standard InChI is InChI=1S/C12H18NO4S/c1-11-3-5-12(6-4-11)18(14,15)17-13(2)7-9-16-10-8-13/h3-6H,7-10H2,1-2H3/q+1. The smallest absolute Gasteiger partial charge is 0.342 e. The molecule has 0 spiro atoms. The number of hydrogen-bond acceptors (Lipinski definition) is 4. The van der Waals surface area contributed by atoms with Gasteiger partial charge in [-0.3, -0.25) is 0 Å². The molecule has 6 heteroatoms. The van der Waals surface area contributed by atoms with Crippen LogP contribution in [0.3, 0.4) is 0 Å². The average Bonchev–Trinajstić information content (AvgIpc) is 2.29. The van der Waals surface area contributed by atoms with Crippen LogP contribution in [0.5, 0.6) is 0 Å². The number of hydrogen-bond donors (Lipinski definition) is 0. The first-order valence-corrected chi connectivity index (χ1v) is 7.27. The summed E-state index contributed by atoms with van der Waals surface area (Å²) in [4.78, 5) is 0.193. The van der Waals surface area contributed by atoms with Gasteiger partial charge in [-0.15, -0.1) is 0 Å². The van der Waals surface area contributed by atoms with Crippen LogP contribution in [0.2, 0.25) is 0 Å². The Labute approximate surface area is 108 Å². The number of rotatable bonds is 3. The van der Waals surface area contributed by atoms with E-state index in [-0.39, 0.29) is 9.54 Å². The monoisotopic (exact) mass is 272 g/mol. The molecule has 0 unspecified atom stereocenters. The number of ether oxygens (including phenoxy) is 1. The summed E-state index contributed by atoms with van der Waals surface area (Å²) in [6, 6.07) is 6.65. The van der Waals surface area contributed by atoms with E-state index in [9.17, 15) is 8.42 Å². The second-order valence-corrected chi connectivity index (χ2v) is 6.23. The molecule has 1 aromatic rings. The third-order valence-corrected chi connectivity index (χ3v) is 4.41. The van der Waals surface area contributed by atoms with Gasteiger partial charge in [0.15, 0.2) is 0 Å². The molecule has 0 saturated carbocycles. The SMILES string of the molecule is Cc1ccc(S(=O)(=O)O[N+]2(C)CCOCC2)cc1. The molecular formula is C12H18NO4S+. The zero-order valence-electron chi connectivity index (χ0n) is 10.6. The topological polar surface area (TPSA) is 52.6 Å². The van der Waals surface area contributed by atoms with Crippen LogP contribution >= 0.6 is 0 Å². The van der Waals surface area contributed by atoms with E-state index in [2.05, 4.69) is 0 Å². The van der Waals surface area contributed by atoms with Gasteiger partial charge >= 0.3 is 10.1 Å². The van der Waals surface area contributed by atoms with Crippen LogP contribution in [0.1, 0.15) is 5.56 Å². The summed E-state index contributed by atoms with van der Waals surface area (Å²) < 4.78 is 34.8. The zero-order valence-corrected chi connectivity index (χ0v) is 11.4. The quantitative estimate of drug-likeness (QED) is 0.773. The van der Waals surface area contributed by atoms with Crippen molar-refractivity contribution in [3.05, 3.63) is 29.8 Å². The van der Waals surface area contributed by atoms with Crippen LogP contribution < -0.4 is 0 Å². The Morgan fingerprint density at radius 1 is 1.17 bits per heavy atom. The highest BCUT2D eigenvalue weighted by atomic mass is 32.2. The lowest BCUT2D eigenvalue weighted by atomic mass is 10.2. The van der Waals surface area contributed by atoms with Crippen LogP contribution in [0.4, 0.5) is 0 Å². The van der Waals surface area contributed by atoms with Gasteiger partial charge in [0.2, 0.25) is 0 Å². The highest BCUT2D eigenvalue weighted by molar-refractivity contribution is 7.86. The molecule has 0 amide bonds. The number of aryl methyl sites for hydroxylation is 1. The van der Waals surface area contributed by atoms with Crippen LogP contribution in [0.15, 0.2) is 29.2 Å². The normalized spacial score (nSPS) is 19.7. The van der Waals surface area contributed by atoms with E-state index in [0.29, 0.717) is 26.3 Å². The Morgan fingerprint density at radius 3 is 2.28 bits per heavy atom. The number of nitrogens with zero attached hydrogens (tertiary/aromatic N) is 1. The number of quaternary nitrogens is 1. The van der Waals surface area contributed by atoms with E-state index in [1.54, 1.807) is 31.3 Å². The second-order valence-electron chi connectivity index (χ2n) is 4.70. The summed E-state index contributed by atoms with van der Waals surface area (Å²) in [6.45, 7) is 4.00. The molecule has 0 N–H and O–H groups in total. The maximum atomic E-state index is 12.1. The van der Waals surface area contributed by atoms with Crippen molar-refractivity contribution in [3.8, 4) is 0 Å². The predicted molar refractivity (Wildman–Crippen MR) is 66.2 cm³/mol. The van der Waals surface area contributed by atoms with Gasteiger partial charge < -0.3 is 4.74 Å². The first kappa shape index (κ1) is 13.5. The predicted octanol–water partition coefficient (Wildman–Crippen LogP) is 1.09. The van der Waals surface area contributed by atoms with Gasteiger partial charge in [-0.1, -0.05) is 22.0 Å². The summed E-state index contributed by atoms with van der Waals surface area (Å²) >= 11 is 0. The first-order valence-electron chi connectivity index (χ1n) is 5.87. The minimum absolute atomic E-state index is 0.0379. The molecule has 0 bridgehead atoms. The molecule has 0 atom stereocenters. The molecule has 2 rings (SSSR count). The van der Waals surface area contributed by atoms with Gasteiger partial charge in [-0.25, -0.2) is 0 Å². The van der Waals surface area contributed by atoms with E-state index in [1.807, 2.05) is 6.92 Å². The van der Waals surface area contributed by atoms with Crippen molar-refractivity contribution >= 4 is 10.1 Å². The lowest BCUT2D eigenvalue weighted by Crippen LogP contribution is -2.52. The third-order valence-electron chi connectivity index (χ3n) is 3.00. The van der Waals surface area contributed by atoms with E-state index in [4.69, 9.17) is 9.02 Å². The van der Waals surface area contributed by atoms with Crippen molar-refractivity contribution in [2.75, 3.05) is 33.4 Å². The number of likely N-dealkylation sites (N-methyl/N-ethyl adjacent to an activating group) is 1. The number of morpholine rings is 1. The lowest BCUT2D eigenvalue weighted by molar-refractivity contribution is -1.07. The fourth-order valence-corrected chi connectivity index (χ4v) is 2.97. The first-order chi connectivity index (χ1) is 8.41. The van der Waals surface area contributed by atoms with Gasteiger partial charge in [0.05, 0.1) is 18.1 Å². The Bertz CT molecular complexity index is 503. The molecule has 5 nitrogen and oxygen atoms in total. The highest BCUT2D eigenvalue weighted by Crippen LogP contribution is 2.19. The van der Waals surface area contributed by atoms with Gasteiger partial charge in [0, 0.05) is 0 Å². The summed E-state index contributed by atoms with van der Waals surface area (Å²) in [5.41, 5.74) is 1.01. The Hall–Kier alpha value is -0.950. The summed E-state index contributed by atoms with van der Waals surface area (Å²) in [5.74, 6) is 0. The second kappa shape index (κ2) is 4.97. The molecule has 18 heavy (non-hydrogen) atoms. The van der Waals surface area contributed by atoms with E-state index in [0.717, 1.165) is 5.56 Å². The Morgan fingerprint density at radius 2 is 1.72 bits per heavy atom. The van der Waals surface area contributed by atoms with Crippen LogP contribution in [-0.2, 0) is 19.1 Å². The Balaban J connectivity index is 2.18. The molecule has 0 aliphatic carbocycles. The maximum absolute atomic E-state index is 12.1. The highest BCUT2D eigenvalue weighted by Gasteiger charge is 2.34. The van der Waals surface area contributed by atoms with Gasteiger partial charge in [-0.05, 0) is 19.1 Å². The molecule has 1 saturated heterocycles. The molecule has 1 aliphatic rings. The van der Waals surface area contributed by atoms with Gasteiger partial charge in [-0.2, -0.15) is 13.1 Å². The minimum atomic E-state index is -3.72. The molecule has 0 radical (unpaired) electrons. The molecule has 0 aromatic heterocycles. The minimum Gasteiger partial charge on any atom is -0.370 e. The molecular weight excluding hydrogens is 254 g/mol. The fraction of sp³-hybridized carbons (Fsp3) is 0.500. The van der Waals surface area contributed by atoms with Crippen LogP contribution in [0, 0.1) is 6.92 Å². The summed E-state index contributed by atoms with van der Waals surface area (Å²) in [6.07, 6.45) is 0. The molecule has 1 aromatic carbocycles. The number of hydroxylamine groups is 3. The van der Waals surface area contributed by atoms with E-state index < -0.39 is 10.1 Å². The number of benzene rings is 1. The van der Waals surface area contributed by atoms with Crippen molar-refractivity contribution < 1.29 is 22.1 Å². The Kier molecular flexibility index (Phi) is 3.72. The average molecular weight is 272 g/mol. The maximum Gasteiger partial charge on any atom is 0.342 e. The largest absolute Gasteiger partial charge is 0.370 e. The molecule has 1 fully saturated rings. The van der Waals surface area contributed by atoms with Crippen molar-refractivity contribution in [1.29, 1.82) is 0 Å². The fourth-order valence-electron chi connectivity index (χ4n) is 1.79. The summed E-state index contributed by atoms with van der Waals surface area (Å²) in [5, 5.41) is 0. The zero-order chi connectivity index (χ0) is 13.2. The van der Waals surface area contributed by atoms with Gasteiger partial charge in [0.1, 0.15) is 20.1 Å².